The van der Waals surface area contributed by atoms with Gasteiger partial charge in [0.05, 0.1) is 43.1 Å². The summed E-state index contributed by atoms with van der Waals surface area (Å²) in [4.78, 5) is 13.5. The van der Waals surface area contributed by atoms with Crippen LogP contribution in [0, 0.1) is 28.4 Å². The van der Waals surface area contributed by atoms with E-state index >= 15 is 8.78 Å². The van der Waals surface area contributed by atoms with E-state index in [-0.39, 0.29) is 39.6 Å². The molecule has 0 radical (unpaired) electrons. The van der Waals surface area contributed by atoms with E-state index in [0.29, 0.717) is 19.6 Å². The van der Waals surface area contributed by atoms with Crippen molar-refractivity contribution in [3.05, 3.63) is 69.2 Å². The van der Waals surface area contributed by atoms with Gasteiger partial charge < -0.3 is 25.6 Å². The molecule has 0 spiro atoms. The van der Waals surface area contributed by atoms with Crippen LogP contribution in [0.2, 0.25) is 10.0 Å². The third-order valence-corrected chi connectivity index (χ3v) is 8.03. The Balaban J connectivity index is 1.88. The standard InChI is InChI=1S/C27H29Cl2F2N3O4/c1-26(13-38-14-26)10-21-27(12-32,18-6-5-15(28)9-20(18)30)22(17-3-2-4-19(29)23(17)31)24(34-21)25(37)33-8-7-16(36)11-35/h2-6,9,16,21-22,24,34-36H,7-8,10-11,13-14H2,1H3,(H,33,37)/t16-,21-,22-,24+,27-/m0/s1. The zero-order valence-electron chi connectivity index (χ0n) is 20.7. The van der Waals surface area contributed by atoms with Gasteiger partial charge in [-0.3, -0.25) is 4.79 Å². The van der Waals surface area contributed by atoms with Gasteiger partial charge in [-0.25, -0.2) is 8.78 Å². The van der Waals surface area contributed by atoms with Crippen molar-refractivity contribution in [1.82, 2.24) is 10.6 Å². The van der Waals surface area contributed by atoms with Crippen LogP contribution in [0.25, 0.3) is 0 Å². The summed E-state index contributed by atoms with van der Waals surface area (Å²) in [5.41, 5.74) is -2.10. The van der Waals surface area contributed by atoms with Crippen molar-refractivity contribution in [3.8, 4) is 6.07 Å². The van der Waals surface area contributed by atoms with Crippen molar-refractivity contribution in [3.63, 3.8) is 0 Å². The SMILES string of the molecule is CC1(C[C@@H]2N[C@@H](C(=O)NCC[C@H](O)CO)[C@H](c3cccc(Cl)c3F)[C@@]2(C#N)c2ccc(Cl)cc2F)COC1. The normalized spacial score (nSPS) is 26.8. The molecule has 0 aliphatic carbocycles. The lowest BCUT2D eigenvalue weighted by Crippen LogP contribution is -2.51. The van der Waals surface area contributed by atoms with Crippen LogP contribution in [-0.4, -0.2) is 60.7 Å². The summed E-state index contributed by atoms with van der Waals surface area (Å²) in [6.45, 7) is 2.36. The molecule has 11 heteroatoms. The molecule has 2 aliphatic rings. The van der Waals surface area contributed by atoms with Gasteiger partial charge in [-0.2, -0.15) is 5.26 Å². The van der Waals surface area contributed by atoms with E-state index in [1.54, 1.807) is 0 Å². The zero-order chi connectivity index (χ0) is 27.7. The topological polar surface area (TPSA) is 115 Å². The fourth-order valence-electron chi connectivity index (χ4n) is 5.57. The number of hydrogen-bond donors (Lipinski definition) is 4. The highest BCUT2D eigenvalue weighted by atomic mass is 35.5. The third kappa shape index (κ3) is 5.26. The summed E-state index contributed by atoms with van der Waals surface area (Å²) in [6, 6.07) is 8.63. The molecule has 2 fully saturated rings. The van der Waals surface area contributed by atoms with Crippen LogP contribution in [0.5, 0.6) is 0 Å². The lowest BCUT2D eigenvalue weighted by atomic mass is 9.62. The van der Waals surface area contributed by atoms with Gasteiger partial charge in [-0.1, -0.05) is 48.3 Å². The Hall–Kier alpha value is -2.32. The molecule has 38 heavy (non-hydrogen) atoms. The highest BCUT2D eigenvalue weighted by Crippen LogP contribution is 2.53. The summed E-state index contributed by atoms with van der Waals surface area (Å²) in [6.07, 6.45) is -0.603. The van der Waals surface area contributed by atoms with E-state index in [1.807, 2.05) is 6.92 Å². The molecule has 2 aromatic rings. The number of aliphatic hydroxyl groups is 2. The Morgan fingerprint density at radius 2 is 2.05 bits per heavy atom. The van der Waals surface area contributed by atoms with Crippen molar-refractivity contribution in [1.29, 1.82) is 5.26 Å². The minimum atomic E-state index is -1.73. The lowest BCUT2D eigenvalue weighted by Gasteiger charge is -2.43. The molecule has 1 amide bonds. The van der Waals surface area contributed by atoms with E-state index in [4.69, 9.17) is 33.0 Å². The van der Waals surface area contributed by atoms with Gasteiger partial charge in [0.25, 0.3) is 0 Å². The maximum absolute atomic E-state index is 15.6. The molecule has 4 N–H and O–H groups in total. The minimum absolute atomic E-state index is 0.00560. The van der Waals surface area contributed by atoms with Crippen LogP contribution in [-0.2, 0) is 14.9 Å². The fraction of sp³-hybridized carbons (Fsp3) is 0.481. The molecule has 2 aromatic carbocycles. The summed E-state index contributed by atoms with van der Waals surface area (Å²) >= 11 is 12.1. The van der Waals surface area contributed by atoms with Gasteiger partial charge >= 0.3 is 0 Å². The number of amides is 1. The van der Waals surface area contributed by atoms with Gasteiger partial charge in [-0.05, 0) is 36.6 Å². The van der Waals surface area contributed by atoms with Crippen LogP contribution >= 0.6 is 23.2 Å². The first-order chi connectivity index (χ1) is 18.1. The Bertz CT molecular complexity index is 1240. The summed E-state index contributed by atoms with van der Waals surface area (Å²) in [5.74, 6) is -3.30. The van der Waals surface area contributed by atoms with Crippen molar-refractivity contribution >= 4 is 29.1 Å². The molecule has 4 rings (SSSR count). The Labute approximate surface area is 229 Å². The molecule has 2 heterocycles. The van der Waals surface area contributed by atoms with Gasteiger partial charge in [-0.15, -0.1) is 0 Å². The number of halogens is 4. The second-order valence-electron chi connectivity index (χ2n) is 10.3. The average Bonchev–Trinajstić information content (AvgIpc) is 3.18. The van der Waals surface area contributed by atoms with E-state index in [0.717, 1.165) is 6.07 Å². The smallest absolute Gasteiger partial charge is 0.237 e. The summed E-state index contributed by atoms with van der Waals surface area (Å²) in [5, 5.41) is 35.4. The number of rotatable bonds is 9. The monoisotopic (exact) mass is 567 g/mol. The zero-order valence-corrected chi connectivity index (χ0v) is 22.2. The number of nitrogens with one attached hydrogen (secondary N) is 2. The number of aliphatic hydroxyl groups excluding tert-OH is 2. The second-order valence-corrected chi connectivity index (χ2v) is 11.2. The van der Waals surface area contributed by atoms with E-state index in [1.165, 1.54) is 30.3 Å². The average molecular weight is 568 g/mol. The second kappa shape index (κ2) is 11.4. The first kappa shape index (κ1) is 28.7. The number of nitriles is 1. The molecule has 0 bridgehead atoms. The molecule has 2 saturated heterocycles. The lowest BCUT2D eigenvalue weighted by molar-refractivity contribution is -0.123. The maximum Gasteiger partial charge on any atom is 0.237 e. The molecular formula is C27H29Cl2F2N3O4. The predicted molar refractivity (Wildman–Crippen MR) is 138 cm³/mol. The highest BCUT2D eigenvalue weighted by molar-refractivity contribution is 6.31. The fourth-order valence-corrected chi connectivity index (χ4v) is 5.91. The number of nitrogens with zero attached hydrogens (tertiary/aromatic N) is 1. The molecule has 2 aliphatic heterocycles. The van der Waals surface area contributed by atoms with Crippen molar-refractivity contribution in [2.24, 2.45) is 5.41 Å². The number of carbonyl (C=O) groups excluding carboxylic acids is 1. The van der Waals surface area contributed by atoms with Crippen molar-refractivity contribution in [2.45, 2.75) is 49.3 Å². The molecular weight excluding hydrogens is 539 g/mol. The van der Waals surface area contributed by atoms with Crippen LogP contribution < -0.4 is 10.6 Å². The van der Waals surface area contributed by atoms with Crippen LogP contribution in [0.3, 0.4) is 0 Å². The van der Waals surface area contributed by atoms with E-state index < -0.39 is 53.7 Å². The van der Waals surface area contributed by atoms with Gasteiger partial charge in [0.1, 0.15) is 17.0 Å². The third-order valence-electron chi connectivity index (χ3n) is 7.50. The molecule has 0 aromatic heterocycles. The molecule has 7 nitrogen and oxygen atoms in total. The van der Waals surface area contributed by atoms with Gasteiger partial charge in [0.15, 0.2) is 0 Å². The maximum atomic E-state index is 15.6. The molecule has 0 unspecified atom stereocenters. The summed E-state index contributed by atoms with van der Waals surface area (Å²) < 4.78 is 36.6. The number of ether oxygens (including phenoxy) is 1. The quantitative estimate of drug-likeness (QED) is 0.369. The first-order valence-electron chi connectivity index (χ1n) is 12.3. The van der Waals surface area contributed by atoms with E-state index in [2.05, 4.69) is 16.7 Å². The molecule has 204 valence electrons. The van der Waals surface area contributed by atoms with Crippen molar-refractivity contribution in [2.75, 3.05) is 26.4 Å². The van der Waals surface area contributed by atoms with Gasteiger partial charge in [0.2, 0.25) is 5.91 Å². The highest BCUT2D eigenvalue weighted by Gasteiger charge is 2.62. The number of carbonyl (C=O) groups is 1. The molecule has 5 atom stereocenters. The van der Waals surface area contributed by atoms with Crippen molar-refractivity contribution < 1.29 is 28.5 Å². The Morgan fingerprint density at radius 1 is 1.32 bits per heavy atom. The molecule has 0 saturated carbocycles. The summed E-state index contributed by atoms with van der Waals surface area (Å²) in [7, 11) is 0. The van der Waals surface area contributed by atoms with Crippen LogP contribution in [0.1, 0.15) is 36.8 Å². The van der Waals surface area contributed by atoms with Crippen LogP contribution in [0.15, 0.2) is 36.4 Å². The first-order valence-corrected chi connectivity index (χ1v) is 13.0. The number of hydrogen-bond acceptors (Lipinski definition) is 6. The number of benzene rings is 2. The Morgan fingerprint density at radius 3 is 2.66 bits per heavy atom. The minimum Gasteiger partial charge on any atom is -0.394 e. The van der Waals surface area contributed by atoms with E-state index in [9.17, 15) is 15.2 Å². The Kier molecular flexibility index (Phi) is 8.62. The predicted octanol–water partition coefficient (Wildman–Crippen LogP) is 3.44. The largest absolute Gasteiger partial charge is 0.394 e. The van der Waals surface area contributed by atoms with Crippen LogP contribution in [0.4, 0.5) is 8.78 Å². The van der Waals surface area contributed by atoms with Gasteiger partial charge in [0, 0.05) is 34.5 Å².